The summed E-state index contributed by atoms with van der Waals surface area (Å²) in [7, 11) is 0. The molecule has 0 aliphatic rings. The van der Waals surface area contributed by atoms with E-state index in [2.05, 4.69) is 31.3 Å². The largest absolute Gasteiger partial charge is 0.393 e. The molecule has 0 saturated carbocycles. The molecule has 0 saturated heterocycles. The minimum absolute atomic E-state index is 0.157. The zero-order chi connectivity index (χ0) is 12.8. The van der Waals surface area contributed by atoms with Gasteiger partial charge in [0.1, 0.15) is 0 Å². The number of rotatable bonds is 6. The Morgan fingerprint density at radius 1 is 1.29 bits per heavy atom. The SMILES string of the molecule is Cc1ccccc1C(CN)NC(C)CC(C)O. The Morgan fingerprint density at radius 3 is 2.47 bits per heavy atom. The number of aliphatic hydroxyl groups excluding tert-OH is 1. The van der Waals surface area contributed by atoms with Crippen LogP contribution in [0.1, 0.15) is 37.4 Å². The molecule has 17 heavy (non-hydrogen) atoms. The highest BCUT2D eigenvalue weighted by Crippen LogP contribution is 2.17. The summed E-state index contributed by atoms with van der Waals surface area (Å²) in [5.41, 5.74) is 8.32. The molecule has 1 aromatic carbocycles. The summed E-state index contributed by atoms with van der Waals surface area (Å²) in [6.45, 7) is 6.55. The number of nitrogens with two attached hydrogens (primary N) is 1. The maximum absolute atomic E-state index is 9.36. The lowest BCUT2D eigenvalue weighted by molar-refractivity contribution is 0.168. The quantitative estimate of drug-likeness (QED) is 0.705. The van der Waals surface area contributed by atoms with Gasteiger partial charge in [-0.3, -0.25) is 0 Å². The normalized spacial score (nSPS) is 16.5. The highest BCUT2D eigenvalue weighted by atomic mass is 16.3. The van der Waals surface area contributed by atoms with Crippen molar-refractivity contribution < 1.29 is 5.11 Å². The summed E-state index contributed by atoms with van der Waals surface area (Å²) in [6, 6.07) is 8.68. The first-order valence-electron chi connectivity index (χ1n) is 6.24. The van der Waals surface area contributed by atoms with Gasteiger partial charge in [-0.1, -0.05) is 24.3 Å². The van der Waals surface area contributed by atoms with E-state index in [0.717, 1.165) is 6.42 Å². The predicted molar refractivity (Wildman–Crippen MR) is 71.9 cm³/mol. The molecule has 3 heteroatoms. The van der Waals surface area contributed by atoms with Gasteiger partial charge in [-0.05, 0) is 38.3 Å². The minimum atomic E-state index is -0.284. The molecule has 1 rings (SSSR count). The molecule has 4 N–H and O–H groups in total. The van der Waals surface area contributed by atoms with Crippen LogP contribution < -0.4 is 11.1 Å². The Hall–Kier alpha value is -0.900. The van der Waals surface area contributed by atoms with E-state index in [9.17, 15) is 5.11 Å². The van der Waals surface area contributed by atoms with Crippen LogP contribution in [-0.2, 0) is 0 Å². The van der Waals surface area contributed by atoms with Crippen molar-refractivity contribution in [2.45, 2.75) is 45.4 Å². The summed E-state index contributed by atoms with van der Waals surface area (Å²) in [5.74, 6) is 0. The average Bonchev–Trinajstić information content (AvgIpc) is 2.26. The van der Waals surface area contributed by atoms with Crippen LogP contribution in [0.25, 0.3) is 0 Å². The lowest BCUT2D eigenvalue weighted by Gasteiger charge is -2.24. The molecule has 1 aromatic rings. The molecule has 0 aromatic heterocycles. The van der Waals surface area contributed by atoms with Crippen LogP contribution >= 0.6 is 0 Å². The molecule has 0 aliphatic carbocycles. The molecular weight excluding hydrogens is 212 g/mol. The molecule has 0 radical (unpaired) electrons. The lowest BCUT2D eigenvalue weighted by atomic mass is 10.00. The van der Waals surface area contributed by atoms with Crippen molar-refractivity contribution in [3.63, 3.8) is 0 Å². The van der Waals surface area contributed by atoms with Crippen LogP contribution in [0.5, 0.6) is 0 Å². The molecule has 3 nitrogen and oxygen atoms in total. The number of benzene rings is 1. The predicted octanol–water partition coefficient (Wildman–Crippen LogP) is 1.74. The molecule has 0 spiro atoms. The average molecular weight is 236 g/mol. The molecule has 3 unspecified atom stereocenters. The fourth-order valence-corrected chi connectivity index (χ4v) is 2.19. The van der Waals surface area contributed by atoms with E-state index in [4.69, 9.17) is 5.73 Å². The van der Waals surface area contributed by atoms with Crippen molar-refractivity contribution in [1.29, 1.82) is 0 Å². The van der Waals surface area contributed by atoms with Gasteiger partial charge < -0.3 is 16.2 Å². The number of aliphatic hydroxyl groups is 1. The van der Waals surface area contributed by atoms with Crippen LogP contribution in [0.4, 0.5) is 0 Å². The van der Waals surface area contributed by atoms with Crippen molar-refractivity contribution in [3.05, 3.63) is 35.4 Å². The van der Waals surface area contributed by atoms with E-state index in [1.165, 1.54) is 11.1 Å². The van der Waals surface area contributed by atoms with Crippen molar-refractivity contribution in [2.24, 2.45) is 5.73 Å². The Kier molecular flexibility index (Phi) is 5.62. The maximum Gasteiger partial charge on any atom is 0.0526 e. The molecule has 0 amide bonds. The summed E-state index contributed by atoms with van der Waals surface area (Å²) in [4.78, 5) is 0. The molecule has 0 fully saturated rings. The van der Waals surface area contributed by atoms with Crippen LogP contribution in [0.15, 0.2) is 24.3 Å². The standard InChI is InChI=1S/C14H24N2O/c1-10-6-4-5-7-13(10)14(9-15)16-11(2)8-12(3)17/h4-7,11-12,14,16-17H,8-9,15H2,1-3H3. The summed E-state index contributed by atoms with van der Waals surface area (Å²) < 4.78 is 0. The van der Waals surface area contributed by atoms with Crippen molar-refractivity contribution in [3.8, 4) is 0 Å². The van der Waals surface area contributed by atoms with Crippen molar-refractivity contribution in [1.82, 2.24) is 5.32 Å². The van der Waals surface area contributed by atoms with E-state index in [1.54, 1.807) is 0 Å². The molecule has 96 valence electrons. The Bertz CT molecular complexity index is 339. The minimum Gasteiger partial charge on any atom is -0.393 e. The number of hydrogen-bond acceptors (Lipinski definition) is 3. The summed E-state index contributed by atoms with van der Waals surface area (Å²) in [6.07, 6.45) is 0.454. The number of hydrogen-bond donors (Lipinski definition) is 3. The summed E-state index contributed by atoms with van der Waals surface area (Å²) >= 11 is 0. The van der Waals surface area contributed by atoms with E-state index < -0.39 is 0 Å². The first-order valence-corrected chi connectivity index (χ1v) is 6.24. The molecule has 0 bridgehead atoms. The maximum atomic E-state index is 9.36. The zero-order valence-electron chi connectivity index (χ0n) is 11.0. The highest BCUT2D eigenvalue weighted by Gasteiger charge is 2.15. The van der Waals surface area contributed by atoms with Gasteiger partial charge in [0.2, 0.25) is 0 Å². The third-order valence-corrected chi connectivity index (χ3v) is 2.98. The van der Waals surface area contributed by atoms with Gasteiger partial charge >= 0.3 is 0 Å². The monoisotopic (exact) mass is 236 g/mol. The van der Waals surface area contributed by atoms with Crippen LogP contribution in [-0.4, -0.2) is 23.8 Å². The van der Waals surface area contributed by atoms with Crippen LogP contribution in [0.3, 0.4) is 0 Å². The van der Waals surface area contributed by atoms with Crippen molar-refractivity contribution >= 4 is 0 Å². The second-order valence-corrected chi connectivity index (χ2v) is 4.80. The lowest BCUT2D eigenvalue weighted by Crippen LogP contribution is -2.36. The molecule has 3 atom stereocenters. The Morgan fingerprint density at radius 2 is 1.94 bits per heavy atom. The van der Waals surface area contributed by atoms with Gasteiger partial charge in [0.05, 0.1) is 6.10 Å². The topological polar surface area (TPSA) is 58.3 Å². The van der Waals surface area contributed by atoms with Crippen LogP contribution in [0.2, 0.25) is 0 Å². The first kappa shape index (κ1) is 14.2. The van der Waals surface area contributed by atoms with E-state index in [-0.39, 0.29) is 18.2 Å². The third kappa shape index (κ3) is 4.46. The van der Waals surface area contributed by atoms with Gasteiger partial charge in [0.15, 0.2) is 0 Å². The van der Waals surface area contributed by atoms with E-state index >= 15 is 0 Å². The molecule has 0 aliphatic heterocycles. The second-order valence-electron chi connectivity index (χ2n) is 4.80. The summed E-state index contributed by atoms with van der Waals surface area (Å²) in [5, 5.41) is 12.8. The zero-order valence-corrected chi connectivity index (χ0v) is 11.0. The van der Waals surface area contributed by atoms with Gasteiger partial charge in [0.25, 0.3) is 0 Å². The fourth-order valence-electron chi connectivity index (χ4n) is 2.19. The van der Waals surface area contributed by atoms with Crippen LogP contribution in [0, 0.1) is 6.92 Å². The van der Waals surface area contributed by atoms with Gasteiger partial charge in [-0.15, -0.1) is 0 Å². The smallest absolute Gasteiger partial charge is 0.0526 e. The van der Waals surface area contributed by atoms with Gasteiger partial charge in [0, 0.05) is 18.6 Å². The first-order chi connectivity index (χ1) is 8.04. The molecule has 0 heterocycles. The molecular formula is C14H24N2O. The number of aryl methyl sites for hydroxylation is 1. The fraction of sp³-hybridized carbons (Fsp3) is 0.571. The van der Waals surface area contributed by atoms with Gasteiger partial charge in [-0.2, -0.15) is 0 Å². The van der Waals surface area contributed by atoms with Gasteiger partial charge in [-0.25, -0.2) is 0 Å². The Balaban J connectivity index is 2.69. The van der Waals surface area contributed by atoms with E-state index in [1.807, 2.05) is 19.1 Å². The van der Waals surface area contributed by atoms with Crippen molar-refractivity contribution in [2.75, 3.05) is 6.54 Å². The number of nitrogens with one attached hydrogen (secondary N) is 1. The second kappa shape index (κ2) is 6.74. The Labute approximate surface area is 104 Å². The highest BCUT2D eigenvalue weighted by molar-refractivity contribution is 5.29. The third-order valence-electron chi connectivity index (χ3n) is 2.98. The van der Waals surface area contributed by atoms with E-state index in [0.29, 0.717) is 6.54 Å².